The number of piperazine rings is 1. The molecule has 0 saturated carbocycles. The van der Waals surface area contributed by atoms with Gasteiger partial charge >= 0.3 is 13.0 Å². The number of aromatic nitrogens is 3. The summed E-state index contributed by atoms with van der Waals surface area (Å²) in [6.45, 7) is -3.16. The number of ether oxygens (including phenoxy) is 2. The van der Waals surface area contributed by atoms with Crippen molar-refractivity contribution in [3.8, 4) is 11.5 Å². The lowest BCUT2D eigenvalue weighted by Gasteiger charge is -2.39. The molecule has 0 radical (unpaired) electrons. The van der Waals surface area contributed by atoms with E-state index in [1.165, 1.54) is 41.9 Å². The third kappa shape index (κ3) is 7.26. The van der Waals surface area contributed by atoms with Crippen LogP contribution in [0.5, 0.6) is 11.5 Å². The summed E-state index contributed by atoms with van der Waals surface area (Å²) in [6.07, 6.45) is -2.04. The number of alkyl halides is 5. The molecule has 2 aromatic heterocycles. The summed E-state index contributed by atoms with van der Waals surface area (Å²) in [5.74, 6) is -1.34. The van der Waals surface area contributed by atoms with E-state index >= 15 is 0 Å². The molecular weight excluding hydrogens is 623 g/mol. The molecular formula is C25H21F5N6O5S2. The maximum absolute atomic E-state index is 13.6. The number of rotatable bonds is 9. The molecule has 11 nitrogen and oxygen atoms in total. The summed E-state index contributed by atoms with van der Waals surface area (Å²) < 4.78 is 99.7. The maximum Gasteiger partial charge on any atom is 0.573 e. The zero-order chi connectivity index (χ0) is 30.8. The van der Waals surface area contributed by atoms with Gasteiger partial charge in [0, 0.05) is 32.4 Å². The van der Waals surface area contributed by atoms with Crippen LogP contribution < -0.4 is 19.7 Å². The van der Waals surface area contributed by atoms with Crippen molar-refractivity contribution >= 4 is 42.7 Å². The van der Waals surface area contributed by atoms with Crippen molar-refractivity contribution in [2.45, 2.75) is 30.5 Å². The molecule has 0 aliphatic carbocycles. The molecule has 1 amide bonds. The van der Waals surface area contributed by atoms with E-state index in [0.29, 0.717) is 21.0 Å². The highest BCUT2D eigenvalue weighted by atomic mass is 32.2. The van der Waals surface area contributed by atoms with E-state index in [4.69, 9.17) is 0 Å². The Bertz CT molecular complexity index is 1650. The Hall–Kier alpha value is -4.16. The molecule has 18 heteroatoms. The van der Waals surface area contributed by atoms with Crippen molar-refractivity contribution in [1.82, 2.24) is 24.6 Å². The van der Waals surface area contributed by atoms with Crippen LogP contribution in [0, 0.1) is 0 Å². The van der Waals surface area contributed by atoms with E-state index in [1.807, 2.05) is 0 Å². The van der Waals surface area contributed by atoms with Crippen LogP contribution in [0.15, 0.2) is 66.0 Å². The molecule has 1 N–H and O–H groups in total. The van der Waals surface area contributed by atoms with Gasteiger partial charge in [-0.1, -0.05) is 23.5 Å². The van der Waals surface area contributed by atoms with Crippen molar-refractivity contribution in [2.24, 2.45) is 0 Å². The second-order valence-electron chi connectivity index (χ2n) is 9.04. The fraction of sp³-hybridized carbons (Fsp3) is 0.280. The number of halogens is 5. The van der Waals surface area contributed by atoms with Gasteiger partial charge in [-0.3, -0.25) is 4.79 Å². The van der Waals surface area contributed by atoms with Crippen molar-refractivity contribution < 1.29 is 44.6 Å². The first kappa shape index (κ1) is 30.3. The number of benzene rings is 2. The average molecular weight is 645 g/mol. The highest BCUT2D eigenvalue weighted by Crippen LogP contribution is 2.31. The minimum absolute atomic E-state index is 0.0572. The molecule has 4 aromatic rings. The van der Waals surface area contributed by atoms with E-state index < -0.39 is 40.7 Å². The molecule has 43 heavy (non-hydrogen) atoms. The molecule has 1 fully saturated rings. The van der Waals surface area contributed by atoms with E-state index in [1.54, 1.807) is 11.1 Å². The van der Waals surface area contributed by atoms with Gasteiger partial charge in [-0.05, 0) is 42.0 Å². The third-order valence-corrected chi connectivity index (χ3v) is 9.21. The van der Waals surface area contributed by atoms with E-state index in [9.17, 15) is 35.2 Å². The Balaban J connectivity index is 1.38. The molecule has 2 aromatic carbocycles. The molecule has 1 saturated heterocycles. The number of amides is 1. The molecule has 0 spiro atoms. The first-order chi connectivity index (χ1) is 20.4. The van der Waals surface area contributed by atoms with Gasteiger partial charge in [0.1, 0.15) is 23.9 Å². The molecule has 228 valence electrons. The summed E-state index contributed by atoms with van der Waals surface area (Å²) in [7, 11) is -4.36. The zero-order valence-corrected chi connectivity index (χ0v) is 23.4. The smallest absolute Gasteiger partial charge is 0.435 e. The van der Waals surface area contributed by atoms with Crippen molar-refractivity contribution in [3.63, 3.8) is 0 Å². The van der Waals surface area contributed by atoms with E-state index in [2.05, 4.69) is 29.7 Å². The molecule has 3 heterocycles. The Morgan fingerprint density at radius 2 is 1.77 bits per heavy atom. The second-order valence-corrected chi connectivity index (χ2v) is 11.9. The number of anilines is 1. The first-order valence-corrected chi connectivity index (χ1v) is 14.7. The monoisotopic (exact) mass is 644 g/mol. The zero-order valence-electron chi connectivity index (χ0n) is 21.7. The van der Waals surface area contributed by atoms with Crippen LogP contribution in [-0.2, 0) is 21.4 Å². The third-order valence-electron chi connectivity index (χ3n) is 6.25. The predicted molar refractivity (Wildman–Crippen MR) is 143 cm³/mol. The van der Waals surface area contributed by atoms with Gasteiger partial charge in [0.25, 0.3) is 0 Å². The van der Waals surface area contributed by atoms with Gasteiger partial charge < -0.3 is 19.7 Å². The number of fused-ring (bicyclic) bond motifs is 1. The largest absolute Gasteiger partial charge is 0.573 e. The predicted octanol–water partition coefficient (Wildman–Crippen LogP) is 3.78. The number of hydrogen-bond donors (Lipinski definition) is 1. The van der Waals surface area contributed by atoms with Gasteiger partial charge in [-0.25, -0.2) is 18.4 Å². The lowest BCUT2D eigenvalue weighted by atomic mass is 10.1. The second kappa shape index (κ2) is 12.2. The number of nitrogens with one attached hydrogen (secondary N) is 1. The summed E-state index contributed by atoms with van der Waals surface area (Å²) in [4.78, 5) is 27.4. The number of nitrogens with zero attached hydrogens (tertiary/aromatic N) is 5. The minimum atomic E-state index is -4.96. The standard InChI is InChI=1S/C25H21F5N6O5S2/c26-23(27)40-16-3-1-15(2-4-16)11-32-22(37)19-13-35(24-34-21-20(42-24)12-31-14-33-21)9-10-36(19)43(38,39)18-7-5-17(6-8-18)41-25(28,29)30/h1-8,12,14,19,23H,9-11,13H2,(H,32,37)/t19-/m1/s1. The van der Waals surface area contributed by atoms with E-state index in [-0.39, 0.29) is 36.8 Å². The Labute approximate surface area is 244 Å². The first-order valence-electron chi connectivity index (χ1n) is 12.4. The Kier molecular flexibility index (Phi) is 8.61. The Morgan fingerprint density at radius 1 is 1.07 bits per heavy atom. The van der Waals surface area contributed by atoms with Crippen LogP contribution in [0.3, 0.4) is 0 Å². The van der Waals surface area contributed by atoms with Crippen molar-refractivity contribution in [1.29, 1.82) is 0 Å². The van der Waals surface area contributed by atoms with Gasteiger partial charge in [-0.15, -0.1) is 13.2 Å². The van der Waals surface area contributed by atoms with Crippen LogP contribution in [0.1, 0.15) is 5.56 Å². The van der Waals surface area contributed by atoms with Crippen LogP contribution >= 0.6 is 11.3 Å². The Morgan fingerprint density at radius 3 is 2.42 bits per heavy atom. The topological polar surface area (TPSA) is 127 Å². The van der Waals surface area contributed by atoms with Gasteiger partial charge in [0.05, 0.1) is 9.60 Å². The van der Waals surface area contributed by atoms with Crippen LogP contribution in [0.25, 0.3) is 10.3 Å². The summed E-state index contributed by atoms with van der Waals surface area (Å²) in [5, 5.41) is 3.16. The number of thiazole rings is 1. The van der Waals surface area contributed by atoms with Gasteiger partial charge in [0.15, 0.2) is 10.8 Å². The highest BCUT2D eigenvalue weighted by molar-refractivity contribution is 7.89. The molecule has 1 atom stereocenters. The molecule has 1 aliphatic heterocycles. The molecule has 0 unspecified atom stereocenters. The lowest BCUT2D eigenvalue weighted by molar-refractivity contribution is -0.274. The fourth-order valence-electron chi connectivity index (χ4n) is 4.30. The van der Waals surface area contributed by atoms with Crippen LogP contribution in [0.4, 0.5) is 27.1 Å². The van der Waals surface area contributed by atoms with E-state index in [0.717, 1.165) is 28.6 Å². The number of carbonyl (C=O) groups excluding carboxylic acids is 1. The van der Waals surface area contributed by atoms with Crippen molar-refractivity contribution in [2.75, 3.05) is 24.5 Å². The summed E-state index contributed by atoms with van der Waals surface area (Å²) in [6, 6.07) is 7.93. The maximum atomic E-state index is 13.6. The fourth-order valence-corrected chi connectivity index (χ4v) is 6.80. The summed E-state index contributed by atoms with van der Waals surface area (Å²) in [5.41, 5.74) is 0.966. The highest BCUT2D eigenvalue weighted by Gasteiger charge is 2.41. The van der Waals surface area contributed by atoms with Crippen molar-refractivity contribution in [3.05, 3.63) is 66.6 Å². The molecule has 1 aliphatic rings. The summed E-state index contributed by atoms with van der Waals surface area (Å²) >= 11 is 1.26. The van der Waals surface area contributed by atoms with Crippen LogP contribution in [0.2, 0.25) is 0 Å². The molecule has 5 rings (SSSR count). The van der Waals surface area contributed by atoms with Gasteiger partial charge in [-0.2, -0.15) is 18.1 Å². The number of carbonyl (C=O) groups is 1. The average Bonchev–Trinajstić information content (AvgIpc) is 3.40. The number of hydrogen-bond acceptors (Lipinski definition) is 10. The van der Waals surface area contributed by atoms with Crippen LogP contribution in [-0.4, -0.2) is 72.2 Å². The minimum Gasteiger partial charge on any atom is -0.435 e. The van der Waals surface area contributed by atoms with Gasteiger partial charge in [0.2, 0.25) is 15.9 Å². The molecule has 0 bridgehead atoms. The number of sulfonamides is 1. The lowest BCUT2D eigenvalue weighted by Crippen LogP contribution is -2.60. The quantitative estimate of drug-likeness (QED) is 0.271. The SMILES string of the molecule is O=C(NCc1ccc(OC(F)F)cc1)[C@H]1CN(c2nc3ncncc3s2)CCN1S(=O)(=O)c1ccc(OC(F)(F)F)cc1. The normalized spacial score (nSPS) is 16.4.